The van der Waals surface area contributed by atoms with Crippen molar-refractivity contribution in [2.45, 2.75) is 77.0 Å². The molecular weight excluding hydrogens is 524 g/mol. The van der Waals surface area contributed by atoms with Crippen LogP contribution in [0.3, 0.4) is 0 Å². The van der Waals surface area contributed by atoms with Crippen LogP contribution < -0.4 is 15.5 Å². The van der Waals surface area contributed by atoms with Gasteiger partial charge < -0.3 is 30.5 Å². The second kappa shape index (κ2) is 12.7. The minimum Gasteiger partial charge on any atom is -0.387 e. The van der Waals surface area contributed by atoms with Crippen molar-refractivity contribution in [3.05, 3.63) is 42.5 Å². The molecule has 3 aromatic rings. The number of carbonyl (C=O) groups excluding carboxylic acids is 1. The SMILES string of the molecule is CC(C)N(CCCNC(=O)Nc1ccc(C(C)(C)C)cc1)C[C@H]1O[C@@H](n2cnc3c(N(C)C)ncnc32)[C@H](O)[C@H]1O. The molecule has 12 heteroatoms. The first-order chi connectivity index (χ1) is 19.4. The van der Waals surface area contributed by atoms with Crippen LogP contribution in [0.1, 0.15) is 52.8 Å². The average Bonchev–Trinajstić information content (AvgIpc) is 3.46. The molecule has 1 fully saturated rings. The van der Waals surface area contributed by atoms with E-state index < -0.39 is 24.5 Å². The fourth-order valence-corrected chi connectivity index (χ4v) is 4.97. The summed E-state index contributed by atoms with van der Waals surface area (Å²) in [4.78, 5) is 29.5. The standard InChI is InChI=1S/C29H44N8O4/c1-18(2)36(14-8-13-30-28(40)34-20-11-9-19(10-12-20)29(3,4)5)15-21-23(38)24(39)27(41-21)37-17-33-22-25(35(6)7)31-16-32-26(22)37/h9-12,16-18,21,23-24,27,38-39H,8,13-15H2,1-7H3,(H2,30,34,40)/t21-,23+,24-,27-/m1/s1. The number of aliphatic hydroxyl groups excluding tert-OH is 2. The maximum atomic E-state index is 12.4. The Morgan fingerprint density at radius 1 is 1.10 bits per heavy atom. The Bertz CT molecular complexity index is 1300. The van der Waals surface area contributed by atoms with E-state index in [-0.39, 0.29) is 17.5 Å². The van der Waals surface area contributed by atoms with Crippen LogP contribution in [-0.4, -0.2) is 98.7 Å². The second-order valence-electron chi connectivity index (χ2n) is 12.1. The Hall–Kier alpha value is -3.32. The molecule has 224 valence electrons. The van der Waals surface area contributed by atoms with Crippen LogP contribution in [0.4, 0.5) is 16.3 Å². The number of amides is 2. The van der Waals surface area contributed by atoms with Gasteiger partial charge in [-0.1, -0.05) is 32.9 Å². The maximum Gasteiger partial charge on any atom is 0.319 e. The number of aromatic nitrogens is 4. The van der Waals surface area contributed by atoms with Crippen molar-refractivity contribution >= 4 is 28.7 Å². The summed E-state index contributed by atoms with van der Waals surface area (Å²) in [5.74, 6) is 0.657. The van der Waals surface area contributed by atoms with Crippen LogP contribution in [0.2, 0.25) is 0 Å². The van der Waals surface area contributed by atoms with E-state index in [2.05, 4.69) is 65.1 Å². The highest BCUT2D eigenvalue weighted by molar-refractivity contribution is 5.89. The number of nitrogens with zero attached hydrogens (tertiary/aromatic N) is 6. The van der Waals surface area contributed by atoms with Gasteiger partial charge >= 0.3 is 6.03 Å². The van der Waals surface area contributed by atoms with Crippen LogP contribution in [0.25, 0.3) is 11.2 Å². The van der Waals surface area contributed by atoms with E-state index in [0.29, 0.717) is 43.0 Å². The molecular formula is C29H44N8O4. The molecule has 1 aromatic carbocycles. The van der Waals surface area contributed by atoms with E-state index in [1.54, 1.807) is 10.9 Å². The zero-order chi connectivity index (χ0) is 29.9. The molecule has 0 saturated carbocycles. The van der Waals surface area contributed by atoms with E-state index in [1.807, 2.05) is 43.3 Å². The van der Waals surface area contributed by atoms with E-state index in [0.717, 1.165) is 5.69 Å². The predicted molar refractivity (Wildman–Crippen MR) is 159 cm³/mol. The lowest BCUT2D eigenvalue weighted by Crippen LogP contribution is -2.44. The molecule has 3 heterocycles. The molecule has 4 rings (SSSR count). The Kier molecular flexibility index (Phi) is 9.48. The van der Waals surface area contributed by atoms with Gasteiger partial charge in [-0.3, -0.25) is 9.47 Å². The summed E-state index contributed by atoms with van der Waals surface area (Å²) in [5, 5.41) is 27.6. The minimum atomic E-state index is -1.15. The van der Waals surface area contributed by atoms with E-state index in [1.165, 1.54) is 11.9 Å². The van der Waals surface area contributed by atoms with Gasteiger partial charge in [-0.15, -0.1) is 0 Å². The molecule has 4 N–H and O–H groups in total. The largest absolute Gasteiger partial charge is 0.387 e. The molecule has 4 atom stereocenters. The fourth-order valence-electron chi connectivity index (χ4n) is 4.97. The number of urea groups is 1. The van der Waals surface area contributed by atoms with Gasteiger partial charge in [0, 0.05) is 45.5 Å². The third-order valence-electron chi connectivity index (χ3n) is 7.44. The van der Waals surface area contributed by atoms with Crippen molar-refractivity contribution in [2.75, 3.05) is 43.9 Å². The highest BCUT2D eigenvalue weighted by atomic mass is 16.6. The summed E-state index contributed by atoms with van der Waals surface area (Å²) in [6.45, 7) is 12.2. The van der Waals surface area contributed by atoms with Gasteiger partial charge in [0.05, 0.1) is 6.33 Å². The van der Waals surface area contributed by atoms with Crippen LogP contribution in [0.5, 0.6) is 0 Å². The number of aliphatic hydroxyl groups is 2. The number of benzene rings is 1. The van der Waals surface area contributed by atoms with Crippen molar-refractivity contribution in [3.8, 4) is 0 Å². The lowest BCUT2D eigenvalue weighted by molar-refractivity contribution is -0.0468. The van der Waals surface area contributed by atoms with Crippen LogP contribution in [-0.2, 0) is 10.2 Å². The highest BCUT2D eigenvalue weighted by Gasteiger charge is 2.45. The first-order valence-electron chi connectivity index (χ1n) is 14.1. The zero-order valence-electron chi connectivity index (χ0n) is 25.1. The minimum absolute atomic E-state index is 0.0560. The second-order valence-corrected chi connectivity index (χ2v) is 12.1. The summed E-state index contributed by atoms with van der Waals surface area (Å²) in [7, 11) is 3.74. The Labute approximate surface area is 241 Å². The number of fused-ring (bicyclic) bond motifs is 1. The van der Waals surface area contributed by atoms with E-state index >= 15 is 0 Å². The fraction of sp³-hybridized carbons (Fsp3) is 0.586. The lowest BCUT2D eigenvalue weighted by atomic mass is 9.87. The predicted octanol–water partition coefficient (Wildman–Crippen LogP) is 2.73. The molecule has 0 aliphatic carbocycles. The summed E-state index contributed by atoms with van der Waals surface area (Å²) >= 11 is 0. The monoisotopic (exact) mass is 568 g/mol. The van der Waals surface area contributed by atoms with E-state index in [4.69, 9.17) is 4.74 Å². The van der Waals surface area contributed by atoms with Gasteiger partial charge in [-0.05, 0) is 43.4 Å². The normalized spacial score (nSPS) is 21.1. The van der Waals surface area contributed by atoms with E-state index in [9.17, 15) is 15.0 Å². The maximum absolute atomic E-state index is 12.4. The molecule has 0 unspecified atom stereocenters. The highest BCUT2D eigenvalue weighted by Crippen LogP contribution is 2.33. The third kappa shape index (κ3) is 7.13. The molecule has 0 bridgehead atoms. The number of carbonyl (C=O) groups is 1. The van der Waals surface area contributed by atoms with Crippen LogP contribution in [0, 0.1) is 0 Å². The van der Waals surface area contributed by atoms with Gasteiger partial charge in [0.2, 0.25) is 0 Å². The van der Waals surface area contributed by atoms with Crippen molar-refractivity contribution in [3.63, 3.8) is 0 Å². The Morgan fingerprint density at radius 2 is 1.80 bits per heavy atom. The summed E-state index contributed by atoms with van der Waals surface area (Å²) in [5.41, 5.74) is 3.12. The quantitative estimate of drug-likeness (QED) is 0.272. The molecule has 0 radical (unpaired) electrons. The summed E-state index contributed by atoms with van der Waals surface area (Å²) in [6.07, 6.45) is 0.0431. The van der Waals surface area contributed by atoms with Gasteiger partial charge in [-0.2, -0.15) is 0 Å². The van der Waals surface area contributed by atoms with Crippen LogP contribution in [0.15, 0.2) is 36.9 Å². The van der Waals surface area contributed by atoms with Crippen LogP contribution >= 0.6 is 0 Å². The number of anilines is 2. The number of imidazole rings is 1. The van der Waals surface area contributed by atoms with Gasteiger partial charge in [0.1, 0.15) is 24.6 Å². The van der Waals surface area contributed by atoms with Crippen molar-refractivity contribution < 1.29 is 19.7 Å². The first-order valence-corrected chi connectivity index (χ1v) is 14.1. The number of hydrogen-bond acceptors (Lipinski definition) is 9. The molecule has 1 aliphatic heterocycles. The third-order valence-corrected chi connectivity index (χ3v) is 7.44. The Balaban J connectivity index is 1.30. The molecule has 0 spiro atoms. The molecule has 1 saturated heterocycles. The molecule has 2 amide bonds. The van der Waals surface area contributed by atoms with Crippen molar-refractivity contribution in [1.29, 1.82) is 0 Å². The van der Waals surface area contributed by atoms with Gasteiger partial charge in [-0.25, -0.2) is 19.7 Å². The molecule has 12 nitrogen and oxygen atoms in total. The molecule has 2 aromatic heterocycles. The smallest absolute Gasteiger partial charge is 0.319 e. The lowest BCUT2D eigenvalue weighted by Gasteiger charge is -2.30. The number of hydrogen-bond donors (Lipinski definition) is 4. The summed E-state index contributed by atoms with van der Waals surface area (Å²) < 4.78 is 7.84. The average molecular weight is 569 g/mol. The number of rotatable bonds is 10. The number of nitrogens with one attached hydrogen (secondary N) is 2. The van der Waals surface area contributed by atoms with Crippen molar-refractivity contribution in [2.24, 2.45) is 0 Å². The van der Waals surface area contributed by atoms with Gasteiger partial charge in [0.25, 0.3) is 0 Å². The number of ether oxygens (including phenoxy) is 1. The van der Waals surface area contributed by atoms with Gasteiger partial charge in [0.15, 0.2) is 23.2 Å². The molecule has 1 aliphatic rings. The Morgan fingerprint density at radius 3 is 2.44 bits per heavy atom. The van der Waals surface area contributed by atoms with Crippen molar-refractivity contribution in [1.82, 2.24) is 29.7 Å². The topological polar surface area (TPSA) is 141 Å². The zero-order valence-corrected chi connectivity index (χ0v) is 25.1. The summed E-state index contributed by atoms with van der Waals surface area (Å²) in [6, 6.07) is 7.80. The molecule has 41 heavy (non-hydrogen) atoms. The first kappa shape index (κ1) is 30.6.